The molecule has 0 aliphatic carbocycles. The third-order valence-electron chi connectivity index (χ3n) is 5.18. The van der Waals surface area contributed by atoms with Crippen molar-refractivity contribution >= 4 is 28.3 Å². The largest absolute Gasteiger partial charge is 0.469 e. The number of methoxy groups -OCH3 is 1. The summed E-state index contributed by atoms with van der Waals surface area (Å²) in [5.41, 5.74) is 0. The highest BCUT2D eigenvalue weighted by Gasteiger charge is 2.26. The van der Waals surface area contributed by atoms with Gasteiger partial charge >= 0.3 is 5.97 Å². The van der Waals surface area contributed by atoms with Crippen LogP contribution in [0.4, 0.5) is 5.13 Å². The van der Waals surface area contributed by atoms with Gasteiger partial charge in [0.25, 0.3) is 0 Å². The number of ether oxygens (including phenoxy) is 1. The molecule has 2 fully saturated rings. The van der Waals surface area contributed by atoms with Crippen molar-refractivity contribution in [2.24, 2.45) is 5.92 Å². The molecule has 0 radical (unpaired) electrons. The molecule has 0 bridgehead atoms. The van der Waals surface area contributed by atoms with Crippen LogP contribution < -0.4 is 10.6 Å². The van der Waals surface area contributed by atoms with Crippen LogP contribution >= 0.6 is 11.3 Å². The molecule has 0 spiro atoms. The van der Waals surface area contributed by atoms with E-state index in [0.717, 1.165) is 56.9 Å². The number of nitrogens with zero attached hydrogens (tertiary/aromatic N) is 3. The van der Waals surface area contributed by atoms with Crippen molar-refractivity contribution in [3.05, 3.63) is 5.01 Å². The zero-order valence-electron chi connectivity index (χ0n) is 15.2. The standard InChI is InChI=1S/C17H27N5O3S/c1-25-14(23)6-11-22-9-4-12(5-10-22)15(24)19-17-21-20-16(26-17)13-2-7-18-8-3-13/h12-13,18H,2-11H2,1H3,(H,19,21,24). The quantitative estimate of drug-likeness (QED) is 0.715. The first-order chi connectivity index (χ1) is 12.7. The van der Waals surface area contributed by atoms with Crippen LogP contribution in [0.15, 0.2) is 0 Å². The van der Waals surface area contributed by atoms with Gasteiger partial charge in [0.05, 0.1) is 13.5 Å². The number of nitrogens with one attached hydrogen (secondary N) is 2. The monoisotopic (exact) mass is 381 g/mol. The average molecular weight is 382 g/mol. The van der Waals surface area contributed by atoms with E-state index in [9.17, 15) is 9.59 Å². The number of anilines is 1. The molecule has 2 aliphatic heterocycles. The lowest BCUT2D eigenvalue weighted by Gasteiger charge is -2.30. The fourth-order valence-electron chi connectivity index (χ4n) is 3.50. The van der Waals surface area contributed by atoms with Crippen molar-refractivity contribution in [3.63, 3.8) is 0 Å². The van der Waals surface area contributed by atoms with Crippen LogP contribution in [0.2, 0.25) is 0 Å². The number of hydrogen-bond donors (Lipinski definition) is 2. The molecule has 8 nitrogen and oxygen atoms in total. The van der Waals surface area contributed by atoms with E-state index in [1.54, 1.807) is 0 Å². The second kappa shape index (κ2) is 9.38. The van der Waals surface area contributed by atoms with Gasteiger partial charge in [-0.25, -0.2) is 0 Å². The number of esters is 1. The molecule has 1 amide bonds. The third-order valence-corrected chi connectivity index (χ3v) is 6.18. The fourth-order valence-corrected chi connectivity index (χ4v) is 4.41. The van der Waals surface area contributed by atoms with E-state index in [-0.39, 0.29) is 17.8 Å². The maximum Gasteiger partial charge on any atom is 0.306 e. The number of carbonyl (C=O) groups excluding carboxylic acids is 2. The number of piperidine rings is 2. The number of hydrogen-bond acceptors (Lipinski definition) is 8. The Morgan fingerprint density at radius 1 is 1.23 bits per heavy atom. The number of likely N-dealkylation sites (tertiary alicyclic amines) is 1. The molecule has 0 atom stereocenters. The summed E-state index contributed by atoms with van der Waals surface area (Å²) in [4.78, 5) is 25.9. The van der Waals surface area contributed by atoms with Crippen molar-refractivity contribution < 1.29 is 14.3 Å². The molecule has 144 valence electrons. The van der Waals surface area contributed by atoms with E-state index in [1.807, 2.05) is 0 Å². The minimum absolute atomic E-state index is 0.00407. The Balaban J connectivity index is 1.43. The summed E-state index contributed by atoms with van der Waals surface area (Å²) in [6, 6.07) is 0. The highest BCUT2D eigenvalue weighted by molar-refractivity contribution is 7.15. The maximum atomic E-state index is 12.5. The van der Waals surface area contributed by atoms with Gasteiger partial charge in [-0.3, -0.25) is 9.59 Å². The van der Waals surface area contributed by atoms with Gasteiger partial charge in [-0.05, 0) is 51.9 Å². The first kappa shape index (κ1) is 19.2. The van der Waals surface area contributed by atoms with Crippen molar-refractivity contribution in [1.29, 1.82) is 0 Å². The molecule has 1 aromatic heterocycles. The van der Waals surface area contributed by atoms with Crippen LogP contribution in [0.3, 0.4) is 0 Å². The number of amides is 1. The summed E-state index contributed by atoms with van der Waals surface area (Å²) in [5.74, 6) is 0.296. The van der Waals surface area contributed by atoms with Crippen molar-refractivity contribution in [2.75, 3.05) is 45.2 Å². The Hall–Kier alpha value is -1.58. The molecule has 3 rings (SSSR count). The summed E-state index contributed by atoms with van der Waals surface area (Å²) in [7, 11) is 1.41. The zero-order valence-corrected chi connectivity index (χ0v) is 16.0. The topological polar surface area (TPSA) is 96.5 Å². The van der Waals surface area contributed by atoms with Crippen LogP contribution in [0.25, 0.3) is 0 Å². The van der Waals surface area contributed by atoms with E-state index in [4.69, 9.17) is 0 Å². The SMILES string of the molecule is COC(=O)CCN1CCC(C(=O)Nc2nnc(C3CCNCC3)s2)CC1. The minimum Gasteiger partial charge on any atom is -0.469 e. The summed E-state index contributed by atoms with van der Waals surface area (Å²) >= 11 is 1.50. The van der Waals surface area contributed by atoms with Crippen molar-refractivity contribution in [2.45, 2.75) is 38.0 Å². The highest BCUT2D eigenvalue weighted by Crippen LogP contribution is 2.30. The van der Waals surface area contributed by atoms with E-state index in [1.165, 1.54) is 18.4 Å². The normalized spacial score (nSPS) is 20.0. The summed E-state index contributed by atoms with van der Waals surface area (Å²) in [5, 5.41) is 16.4. The van der Waals surface area contributed by atoms with E-state index in [2.05, 4.69) is 30.5 Å². The number of rotatable bonds is 6. The Bertz CT molecular complexity index is 609. The second-order valence-electron chi connectivity index (χ2n) is 6.90. The third kappa shape index (κ3) is 5.21. The smallest absolute Gasteiger partial charge is 0.306 e. The molecule has 3 heterocycles. The fraction of sp³-hybridized carbons (Fsp3) is 0.765. The Kier molecular flexibility index (Phi) is 6.93. The lowest BCUT2D eigenvalue weighted by molar-refractivity contribution is -0.141. The molecular formula is C17H27N5O3S. The molecular weight excluding hydrogens is 354 g/mol. The molecule has 2 N–H and O–H groups in total. The molecule has 0 saturated carbocycles. The van der Waals surface area contributed by atoms with Gasteiger partial charge in [0.15, 0.2) is 0 Å². The van der Waals surface area contributed by atoms with E-state index >= 15 is 0 Å². The number of aromatic nitrogens is 2. The Labute approximate surface area is 157 Å². The molecule has 26 heavy (non-hydrogen) atoms. The molecule has 1 aromatic rings. The van der Waals surface area contributed by atoms with Crippen molar-refractivity contribution in [1.82, 2.24) is 20.4 Å². The van der Waals surface area contributed by atoms with Crippen molar-refractivity contribution in [3.8, 4) is 0 Å². The summed E-state index contributed by atoms with van der Waals surface area (Å²) in [6.45, 7) is 4.37. The van der Waals surface area contributed by atoms with Gasteiger partial charge in [-0.1, -0.05) is 11.3 Å². The second-order valence-corrected chi connectivity index (χ2v) is 7.91. The van der Waals surface area contributed by atoms with Crippen LogP contribution in [0, 0.1) is 5.92 Å². The minimum atomic E-state index is -0.189. The first-order valence-electron chi connectivity index (χ1n) is 9.30. The Morgan fingerprint density at radius 3 is 2.65 bits per heavy atom. The number of carbonyl (C=O) groups is 2. The first-order valence-corrected chi connectivity index (χ1v) is 10.1. The van der Waals surface area contributed by atoms with Gasteiger partial charge in [0.2, 0.25) is 11.0 Å². The lowest BCUT2D eigenvalue weighted by atomic mass is 9.96. The van der Waals surface area contributed by atoms with Gasteiger partial charge < -0.3 is 20.3 Å². The average Bonchev–Trinajstić information content (AvgIpc) is 3.15. The lowest BCUT2D eigenvalue weighted by Crippen LogP contribution is -2.39. The van der Waals surface area contributed by atoms with E-state index < -0.39 is 0 Å². The van der Waals surface area contributed by atoms with Crippen LogP contribution in [-0.2, 0) is 14.3 Å². The van der Waals surface area contributed by atoms with Gasteiger partial charge in [0, 0.05) is 18.4 Å². The van der Waals surface area contributed by atoms with Crippen LogP contribution in [-0.4, -0.2) is 66.8 Å². The molecule has 9 heteroatoms. The van der Waals surface area contributed by atoms with Gasteiger partial charge in [-0.15, -0.1) is 10.2 Å². The predicted octanol–water partition coefficient (Wildman–Crippen LogP) is 1.22. The Morgan fingerprint density at radius 2 is 1.96 bits per heavy atom. The molecule has 2 aliphatic rings. The summed E-state index contributed by atoms with van der Waals surface area (Å²) < 4.78 is 4.67. The van der Waals surface area contributed by atoms with Crippen LogP contribution in [0.5, 0.6) is 0 Å². The van der Waals surface area contributed by atoms with E-state index in [0.29, 0.717) is 24.0 Å². The highest BCUT2D eigenvalue weighted by atomic mass is 32.1. The zero-order chi connectivity index (χ0) is 18.4. The molecule has 0 aromatic carbocycles. The van der Waals surface area contributed by atoms with Crippen LogP contribution in [0.1, 0.15) is 43.0 Å². The molecule has 2 saturated heterocycles. The molecule has 0 unspecified atom stereocenters. The summed E-state index contributed by atoms with van der Waals surface area (Å²) in [6.07, 6.45) is 4.15. The maximum absolute atomic E-state index is 12.5. The predicted molar refractivity (Wildman–Crippen MR) is 99.2 cm³/mol. The van der Waals surface area contributed by atoms with Gasteiger partial charge in [0.1, 0.15) is 5.01 Å². The van der Waals surface area contributed by atoms with Gasteiger partial charge in [-0.2, -0.15) is 0 Å².